The molecule has 0 saturated carbocycles. The van der Waals surface area contributed by atoms with Crippen LogP contribution in [-0.2, 0) is 6.54 Å². The van der Waals surface area contributed by atoms with Gasteiger partial charge in [-0.05, 0) is 12.5 Å². The minimum atomic E-state index is 0.00921. The van der Waals surface area contributed by atoms with Crippen molar-refractivity contribution in [2.45, 2.75) is 26.8 Å². The Morgan fingerprint density at radius 3 is 2.85 bits per heavy atom. The molecule has 0 radical (unpaired) electrons. The summed E-state index contributed by atoms with van der Waals surface area (Å²) in [5, 5.41) is 8.65. The van der Waals surface area contributed by atoms with E-state index in [1.807, 2.05) is 17.6 Å². The lowest BCUT2D eigenvalue weighted by atomic mass is 10.3. The maximum Gasteiger partial charge on any atom is 0.176 e. The second-order valence-corrected chi connectivity index (χ2v) is 2.98. The zero-order valence-corrected chi connectivity index (χ0v) is 7.87. The number of ketones is 1. The van der Waals surface area contributed by atoms with Crippen LogP contribution in [0.1, 0.15) is 36.3 Å². The molecule has 0 bridgehead atoms. The van der Waals surface area contributed by atoms with Crippen LogP contribution in [0, 0.1) is 11.3 Å². The Labute approximate surface area is 77.6 Å². The molecule has 13 heavy (non-hydrogen) atoms. The normalized spacial score (nSPS) is 9.62. The van der Waals surface area contributed by atoms with Crippen LogP contribution in [0.4, 0.5) is 0 Å². The van der Waals surface area contributed by atoms with E-state index < -0.39 is 0 Å². The predicted molar refractivity (Wildman–Crippen MR) is 49.4 cm³/mol. The SMILES string of the molecule is CCCn1cc(C#N)cc1C(C)=O. The van der Waals surface area contributed by atoms with E-state index in [-0.39, 0.29) is 5.78 Å². The highest BCUT2D eigenvalue weighted by Crippen LogP contribution is 2.09. The number of nitrogens with zero attached hydrogens (tertiary/aromatic N) is 2. The van der Waals surface area contributed by atoms with Crippen LogP contribution >= 0.6 is 0 Å². The van der Waals surface area contributed by atoms with Crippen molar-refractivity contribution < 1.29 is 4.79 Å². The van der Waals surface area contributed by atoms with Gasteiger partial charge in [-0.25, -0.2) is 0 Å². The maximum absolute atomic E-state index is 11.1. The standard InChI is InChI=1S/C10H12N2O/c1-3-4-12-7-9(6-11)5-10(12)8(2)13/h5,7H,3-4H2,1-2H3. The molecule has 0 aliphatic rings. The summed E-state index contributed by atoms with van der Waals surface area (Å²) in [7, 11) is 0. The van der Waals surface area contributed by atoms with Crippen LogP contribution in [0.5, 0.6) is 0 Å². The second kappa shape index (κ2) is 3.90. The first-order valence-corrected chi connectivity index (χ1v) is 4.30. The molecule has 1 heterocycles. The van der Waals surface area contributed by atoms with Gasteiger partial charge >= 0.3 is 0 Å². The molecule has 0 fully saturated rings. The highest BCUT2D eigenvalue weighted by molar-refractivity contribution is 5.93. The average Bonchev–Trinajstić information content (AvgIpc) is 2.48. The zero-order chi connectivity index (χ0) is 9.84. The van der Waals surface area contributed by atoms with Crippen molar-refractivity contribution in [2.75, 3.05) is 0 Å². The summed E-state index contributed by atoms with van der Waals surface area (Å²) in [6.45, 7) is 4.34. The smallest absolute Gasteiger partial charge is 0.176 e. The number of aromatic nitrogens is 1. The number of carbonyl (C=O) groups is 1. The van der Waals surface area contributed by atoms with Crippen molar-refractivity contribution in [1.29, 1.82) is 5.26 Å². The van der Waals surface area contributed by atoms with E-state index in [1.165, 1.54) is 6.92 Å². The van der Waals surface area contributed by atoms with Crippen LogP contribution in [0.3, 0.4) is 0 Å². The Bertz CT molecular complexity index is 357. The Morgan fingerprint density at radius 1 is 1.69 bits per heavy atom. The van der Waals surface area contributed by atoms with E-state index in [9.17, 15) is 4.79 Å². The van der Waals surface area contributed by atoms with Gasteiger partial charge in [0.15, 0.2) is 5.78 Å². The molecule has 0 saturated heterocycles. The van der Waals surface area contributed by atoms with Gasteiger partial charge in [-0.15, -0.1) is 0 Å². The van der Waals surface area contributed by atoms with Gasteiger partial charge in [-0.3, -0.25) is 4.79 Å². The van der Waals surface area contributed by atoms with Gasteiger partial charge in [0.2, 0.25) is 0 Å². The molecule has 0 aliphatic heterocycles. The van der Waals surface area contributed by atoms with Crippen LogP contribution in [0.25, 0.3) is 0 Å². The first-order chi connectivity index (χ1) is 6.19. The number of nitriles is 1. The molecule has 1 aromatic rings. The quantitative estimate of drug-likeness (QED) is 0.661. The molecule has 1 aromatic heterocycles. The highest BCUT2D eigenvalue weighted by Gasteiger charge is 2.08. The van der Waals surface area contributed by atoms with Crippen molar-refractivity contribution in [3.63, 3.8) is 0 Å². The molecule has 0 aromatic carbocycles. The average molecular weight is 176 g/mol. The lowest BCUT2D eigenvalue weighted by Gasteiger charge is -2.02. The lowest BCUT2D eigenvalue weighted by molar-refractivity contribution is 0.100. The Hall–Kier alpha value is -1.56. The van der Waals surface area contributed by atoms with E-state index in [0.29, 0.717) is 11.3 Å². The highest BCUT2D eigenvalue weighted by atomic mass is 16.1. The zero-order valence-electron chi connectivity index (χ0n) is 7.87. The van der Waals surface area contributed by atoms with Gasteiger partial charge in [0, 0.05) is 19.7 Å². The summed E-state index contributed by atoms with van der Waals surface area (Å²) >= 11 is 0. The van der Waals surface area contributed by atoms with E-state index in [0.717, 1.165) is 13.0 Å². The Morgan fingerprint density at radius 2 is 2.38 bits per heavy atom. The topological polar surface area (TPSA) is 45.8 Å². The number of aryl methyl sites for hydroxylation is 1. The molecule has 68 valence electrons. The van der Waals surface area contributed by atoms with Gasteiger partial charge in [0.05, 0.1) is 11.3 Å². The summed E-state index contributed by atoms with van der Waals surface area (Å²) in [6.07, 6.45) is 2.68. The summed E-state index contributed by atoms with van der Waals surface area (Å²) in [5.74, 6) is 0.00921. The maximum atomic E-state index is 11.1. The monoisotopic (exact) mass is 176 g/mol. The van der Waals surface area contributed by atoms with Gasteiger partial charge in [-0.2, -0.15) is 5.26 Å². The summed E-state index contributed by atoms with van der Waals surface area (Å²) in [6, 6.07) is 3.66. The van der Waals surface area contributed by atoms with Crippen LogP contribution in [0.15, 0.2) is 12.3 Å². The molecule has 0 atom stereocenters. The number of carbonyl (C=O) groups excluding carboxylic acids is 1. The van der Waals surface area contributed by atoms with E-state index in [1.54, 1.807) is 12.3 Å². The fourth-order valence-electron chi connectivity index (χ4n) is 1.30. The van der Waals surface area contributed by atoms with E-state index >= 15 is 0 Å². The van der Waals surface area contributed by atoms with E-state index in [4.69, 9.17) is 5.26 Å². The largest absolute Gasteiger partial charge is 0.344 e. The minimum absolute atomic E-state index is 0.00921. The van der Waals surface area contributed by atoms with Gasteiger partial charge in [0.25, 0.3) is 0 Å². The molecule has 0 N–H and O–H groups in total. The van der Waals surface area contributed by atoms with Crippen LogP contribution in [0.2, 0.25) is 0 Å². The van der Waals surface area contributed by atoms with Gasteiger partial charge in [0.1, 0.15) is 6.07 Å². The van der Waals surface area contributed by atoms with Crippen molar-refractivity contribution in [3.05, 3.63) is 23.5 Å². The summed E-state index contributed by atoms with van der Waals surface area (Å²) in [4.78, 5) is 11.1. The lowest BCUT2D eigenvalue weighted by Crippen LogP contribution is -2.04. The summed E-state index contributed by atoms with van der Waals surface area (Å²) in [5.41, 5.74) is 1.18. The molecule has 1 rings (SSSR count). The van der Waals surface area contributed by atoms with Gasteiger partial charge in [-0.1, -0.05) is 6.92 Å². The third kappa shape index (κ3) is 1.97. The second-order valence-electron chi connectivity index (χ2n) is 2.98. The number of hydrogen-bond acceptors (Lipinski definition) is 2. The molecular formula is C10H12N2O. The first-order valence-electron chi connectivity index (χ1n) is 4.30. The van der Waals surface area contributed by atoms with Crippen LogP contribution < -0.4 is 0 Å². The number of rotatable bonds is 3. The predicted octanol–water partition coefficient (Wildman–Crippen LogP) is 1.97. The number of hydrogen-bond donors (Lipinski definition) is 0. The number of Topliss-reactive ketones (excluding diaryl/α,β-unsaturated/α-hetero) is 1. The Balaban J connectivity index is 3.09. The Kier molecular flexibility index (Phi) is 2.86. The molecule has 0 aliphatic carbocycles. The third-order valence-electron chi connectivity index (χ3n) is 1.85. The molecule has 0 amide bonds. The van der Waals surface area contributed by atoms with Gasteiger partial charge < -0.3 is 4.57 Å². The summed E-state index contributed by atoms with van der Waals surface area (Å²) < 4.78 is 1.83. The van der Waals surface area contributed by atoms with Crippen LogP contribution in [-0.4, -0.2) is 10.4 Å². The van der Waals surface area contributed by atoms with Crippen molar-refractivity contribution in [3.8, 4) is 6.07 Å². The fraction of sp³-hybridized carbons (Fsp3) is 0.400. The molecule has 3 nitrogen and oxygen atoms in total. The molecular weight excluding hydrogens is 164 g/mol. The molecule has 0 spiro atoms. The van der Waals surface area contributed by atoms with Crippen molar-refractivity contribution in [2.24, 2.45) is 0 Å². The minimum Gasteiger partial charge on any atom is -0.344 e. The third-order valence-corrected chi connectivity index (χ3v) is 1.85. The van der Waals surface area contributed by atoms with Crippen molar-refractivity contribution in [1.82, 2.24) is 4.57 Å². The first kappa shape index (κ1) is 9.53. The fourth-order valence-corrected chi connectivity index (χ4v) is 1.30. The molecule has 3 heteroatoms. The van der Waals surface area contributed by atoms with E-state index in [2.05, 4.69) is 0 Å². The molecule has 0 unspecified atom stereocenters. The van der Waals surface area contributed by atoms with Crippen molar-refractivity contribution >= 4 is 5.78 Å².